The molecule has 0 aliphatic heterocycles. The molecule has 20 heavy (non-hydrogen) atoms. The first-order valence-electron chi connectivity index (χ1n) is 6.58. The zero-order valence-corrected chi connectivity index (χ0v) is 11.0. The van der Waals surface area contributed by atoms with Crippen LogP contribution in [0.2, 0.25) is 0 Å². The number of rotatable bonds is 4. The van der Waals surface area contributed by atoms with E-state index in [-0.39, 0.29) is 11.5 Å². The van der Waals surface area contributed by atoms with Gasteiger partial charge in [0.15, 0.2) is 0 Å². The SMILES string of the molecule is Nc1c(F)cccc1NCCc1c[nH]c2ccccc12. The lowest BCUT2D eigenvalue weighted by Crippen LogP contribution is -2.07. The number of aromatic nitrogens is 1. The second-order valence-electron chi connectivity index (χ2n) is 4.74. The monoisotopic (exact) mass is 269 g/mol. The number of nitrogens with one attached hydrogen (secondary N) is 2. The van der Waals surface area contributed by atoms with Crippen LogP contribution in [0.1, 0.15) is 5.56 Å². The summed E-state index contributed by atoms with van der Waals surface area (Å²) in [4.78, 5) is 3.24. The van der Waals surface area contributed by atoms with Crippen molar-refractivity contribution in [2.24, 2.45) is 0 Å². The first kappa shape index (κ1) is 12.5. The lowest BCUT2D eigenvalue weighted by molar-refractivity contribution is 0.633. The summed E-state index contributed by atoms with van der Waals surface area (Å²) in [5.41, 5.74) is 8.88. The molecule has 4 N–H and O–H groups in total. The van der Waals surface area contributed by atoms with Gasteiger partial charge in [0.1, 0.15) is 5.82 Å². The van der Waals surface area contributed by atoms with E-state index in [9.17, 15) is 4.39 Å². The highest BCUT2D eigenvalue weighted by molar-refractivity contribution is 5.83. The predicted molar refractivity (Wildman–Crippen MR) is 81.3 cm³/mol. The fourth-order valence-electron chi connectivity index (χ4n) is 2.36. The fraction of sp³-hybridized carbons (Fsp3) is 0.125. The lowest BCUT2D eigenvalue weighted by atomic mass is 10.1. The summed E-state index contributed by atoms with van der Waals surface area (Å²) in [5, 5.41) is 4.40. The standard InChI is InChI=1S/C16H16FN3/c17-13-5-3-7-15(16(13)18)19-9-8-11-10-20-14-6-2-1-4-12(11)14/h1-7,10,19-20H,8-9,18H2. The van der Waals surface area contributed by atoms with E-state index in [2.05, 4.69) is 22.4 Å². The van der Waals surface area contributed by atoms with Crippen LogP contribution in [-0.2, 0) is 6.42 Å². The Morgan fingerprint density at radius 3 is 2.85 bits per heavy atom. The van der Waals surface area contributed by atoms with E-state index in [1.807, 2.05) is 18.3 Å². The van der Waals surface area contributed by atoms with Gasteiger partial charge in [-0.2, -0.15) is 0 Å². The summed E-state index contributed by atoms with van der Waals surface area (Å²) in [6.45, 7) is 0.704. The predicted octanol–water partition coefficient (Wildman–Crippen LogP) is 3.54. The Kier molecular flexibility index (Phi) is 3.29. The van der Waals surface area contributed by atoms with E-state index in [0.29, 0.717) is 12.2 Å². The number of para-hydroxylation sites is 2. The molecule has 0 radical (unpaired) electrons. The van der Waals surface area contributed by atoms with Crippen LogP contribution in [-0.4, -0.2) is 11.5 Å². The molecule has 0 saturated carbocycles. The molecule has 0 spiro atoms. The van der Waals surface area contributed by atoms with E-state index >= 15 is 0 Å². The third-order valence-corrected chi connectivity index (χ3v) is 3.44. The van der Waals surface area contributed by atoms with Gasteiger partial charge in [-0.25, -0.2) is 4.39 Å². The molecular weight excluding hydrogens is 253 g/mol. The van der Waals surface area contributed by atoms with Crippen LogP contribution in [0.3, 0.4) is 0 Å². The average Bonchev–Trinajstić information content (AvgIpc) is 2.87. The summed E-state index contributed by atoms with van der Waals surface area (Å²) in [5.74, 6) is -0.387. The summed E-state index contributed by atoms with van der Waals surface area (Å²) in [6, 6.07) is 13.0. The Bertz CT molecular complexity index is 733. The van der Waals surface area contributed by atoms with Gasteiger partial charge in [-0.15, -0.1) is 0 Å². The second kappa shape index (κ2) is 5.25. The van der Waals surface area contributed by atoms with Crippen LogP contribution in [0, 0.1) is 5.82 Å². The molecule has 3 aromatic rings. The van der Waals surface area contributed by atoms with Crippen LogP contribution in [0.4, 0.5) is 15.8 Å². The molecule has 0 unspecified atom stereocenters. The summed E-state index contributed by atoms with van der Waals surface area (Å²) >= 11 is 0. The quantitative estimate of drug-likeness (QED) is 0.634. The molecule has 2 aromatic carbocycles. The molecule has 0 aliphatic rings. The zero-order valence-electron chi connectivity index (χ0n) is 11.0. The highest BCUT2D eigenvalue weighted by Crippen LogP contribution is 2.22. The molecule has 0 saturated heterocycles. The topological polar surface area (TPSA) is 53.8 Å². The van der Waals surface area contributed by atoms with E-state index in [1.54, 1.807) is 12.1 Å². The fourth-order valence-corrected chi connectivity index (χ4v) is 2.36. The van der Waals surface area contributed by atoms with Crippen molar-refractivity contribution in [3.63, 3.8) is 0 Å². The molecule has 1 aromatic heterocycles. The third-order valence-electron chi connectivity index (χ3n) is 3.44. The molecule has 0 fully saturated rings. The first-order chi connectivity index (χ1) is 9.75. The van der Waals surface area contributed by atoms with Crippen LogP contribution >= 0.6 is 0 Å². The van der Waals surface area contributed by atoms with Gasteiger partial charge in [0.2, 0.25) is 0 Å². The number of aromatic amines is 1. The molecule has 3 nitrogen and oxygen atoms in total. The molecule has 0 amide bonds. The van der Waals surface area contributed by atoms with Gasteiger partial charge in [-0.3, -0.25) is 0 Å². The van der Waals surface area contributed by atoms with Crippen molar-refractivity contribution in [3.05, 3.63) is 60.0 Å². The van der Waals surface area contributed by atoms with Crippen LogP contribution in [0.5, 0.6) is 0 Å². The molecule has 4 heteroatoms. The number of halogens is 1. The maximum absolute atomic E-state index is 13.3. The van der Waals surface area contributed by atoms with Gasteiger partial charge in [0.05, 0.1) is 11.4 Å². The Labute approximate surface area is 116 Å². The van der Waals surface area contributed by atoms with Gasteiger partial charge in [0, 0.05) is 23.6 Å². The third kappa shape index (κ3) is 2.32. The first-order valence-corrected chi connectivity index (χ1v) is 6.58. The minimum atomic E-state index is -0.387. The Balaban J connectivity index is 1.70. The van der Waals surface area contributed by atoms with Crippen molar-refractivity contribution >= 4 is 22.3 Å². The van der Waals surface area contributed by atoms with Gasteiger partial charge in [-0.05, 0) is 30.2 Å². The van der Waals surface area contributed by atoms with Crippen molar-refractivity contribution in [1.82, 2.24) is 4.98 Å². The molecule has 0 aliphatic carbocycles. The second-order valence-corrected chi connectivity index (χ2v) is 4.74. The number of anilines is 2. The van der Waals surface area contributed by atoms with Crippen LogP contribution in [0.25, 0.3) is 10.9 Å². The zero-order chi connectivity index (χ0) is 13.9. The van der Waals surface area contributed by atoms with Crippen molar-refractivity contribution < 1.29 is 4.39 Å². The Morgan fingerprint density at radius 2 is 1.95 bits per heavy atom. The number of hydrogen-bond donors (Lipinski definition) is 3. The number of fused-ring (bicyclic) bond motifs is 1. The number of H-pyrrole nitrogens is 1. The number of benzene rings is 2. The van der Waals surface area contributed by atoms with E-state index < -0.39 is 0 Å². The van der Waals surface area contributed by atoms with Crippen LogP contribution in [0.15, 0.2) is 48.7 Å². The highest BCUT2D eigenvalue weighted by atomic mass is 19.1. The van der Waals surface area contributed by atoms with Gasteiger partial charge >= 0.3 is 0 Å². The lowest BCUT2D eigenvalue weighted by Gasteiger charge is -2.09. The molecular formula is C16H16FN3. The number of nitrogen functional groups attached to an aromatic ring is 1. The maximum Gasteiger partial charge on any atom is 0.148 e. The molecule has 102 valence electrons. The smallest absolute Gasteiger partial charge is 0.148 e. The van der Waals surface area contributed by atoms with Gasteiger partial charge in [0.25, 0.3) is 0 Å². The van der Waals surface area contributed by atoms with E-state index in [1.165, 1.54) is 17.0 Å². The molecule has 1 heterocycles. The average molecular weight is 269 g/mol. The van der Waals surface area contributed by atoms with Crippen LogP contribution < -0.4 is 11.1 Å². The van der Waals surface area contributed by atoms with E-state index in [0.717, 1.165) is 11.9 Å². The number of hydrogen-bond acceptors (Lipinski definition) is 2. The summed E-state index contributed by atoms with van der Waals surface area (Å²) < 4.78 is 13.3. The normalized spacial score (nSPS) is 10.8. The van der Waals surface area contributed by atoms with Crippen molar-refractivity contribution in [3.8, 4) is 0 Å². The Morgan fingerprint density at radius 1 is 1.10 bits per heavy atom. The highest BCUT2D eigenvalue weighted by Gasteiger charge is 2.05. The minimum absolute atomic E-state index is 0.173. The van der Waals surface area contributed by atoms with Gasteiger partial charge in [-0.1, -0.05) is 24.3 Å². The Hall–Kier alpha value is -2.49. The molecule has 0 atom stereocenters. The largest absolute Gasteiger partial charge is 0.395 e. The maximum atomic E-state index is 13.3. The molecule has 3 rings (SSSR count). The minimum Gasteiger partial charge on any atom is -0.395 e. The molecule has 0 bridgehead atoms. The number of nitrogens with two attached hydrogens (primary N) is 1. The summed E-state index contributed by atoms with van der Waals surface area (Å²) in [7, 11) is 0. The van der Waals surface area contributed by atoms with Crippen molar-refractivity contribution in [1.29, 1.82) is 0 Å². The van der Waals surface area contributed by atoms with E-state index in [4.69, 9.17) is 5.73 Å². The van der Waals surface area contributed by atoms with Crippen molar-refractivity contribution in [2.45, 2.75) is 6.42 Å². The summed E-state index contributed by atoms with van der Waals surface area (Å²) in [6.07, 6.45) is 2.86. The van der Waals surface area contributed by atoms with Gasteiger partial charge < -0.3 is 16.0 Å². The van der Waals surface area contributed by atoms with Crippen molar-refractivity contribution in [2.75, 3.05) is 17.6 Å².